The van der Waals surface area contributed by atoms with E-state index in [0.29, 0.717) is 10.9 Å². The number of aromatic nitrogens is 1. The zero-order valence-electron chi connectivity index (χ0n) is 8.20. The minimum absolute atomic E-state index is 0.489. The van der Waals surface area contributed by atoms with E-state index in [1.165, 1.54) is 11.3 Å². The summed E-state index contributed by atoms with van der Waals surface area (Å²) in [4.78, 5) is 15.4. The Labute approximate surface area is 97.1 Å². The zero-order chi connectivity index (χ0) is 10.9. The van der Waals surface area contributed by atoms with Crippen molar-refractivity contribution in [1.29, 1.82) is 0 Å². The summed E-state index contributed by atoms with van der Waals surface area (Å²) >= 11 is 7.09. The highest BCUT2D eigenvalue weighted by Gasteiger charge is 2.41. The van der Waals surface area contributed by atoms with Gasteiger partial charge in [-0.25, -0.2) is 4.98 Å². The molecule has 0 saturated heterocycles. The SMILES string of the molecule is O=C(O)C1(Cc2csc(Cl)n2)CCCC1. The number of carbonyl (C=O) groups is 1. The lowest BCUT2D eigenvalue weighted by atomic mass is 9.82. The Bertz CT molecular complexity index is 371. The molecule has 1 heterocycles. The van der Waals surface area contributed by atoms with Crippen LogP contribution >= 0.6 is 22.9 Å². The van der Waals surface area contributed by atoms with Gasteiger partial charge in [0.15, 0.2) is 4.47 Å². The number of hydrogen-bond donors (Lipinski definition) is 1. The molecule has 1 aromatic rings. The molecule has 0 spiro atoms. The predicted octanol–water partition coefficient (Wildman–Crippen LogP) is 2.98. The summed E-state index contributed by atoms with van der Waals surface area (Å²) in [6.07, 6.45) is 4.05. The number of aliphatic carboxylic acids is 1. The van der Waals surface area contributed by atoms with Gasteiger partial charge >= 0.3 is 5.97 Å². The standard InChI is InChI=1S/C10H12ClNO2S/c11-9-12-7(6-15-9)5-10(8(13)14)3-1-2-4-10/h6H,1-5H2,(H,13,14). The molecule has 1 aliphatic rings. The van der Waals surface area contributed by atoms with Crippen LogP contribution in [-0.2, 0) is 11.2 Å². The molecule has 5 heteroatoms. The number of nitrogens with zero attached hydrogens (tertiary/aromatic N) is 1. The van der Waals surface area contributed by atoms with Gasteiger partial charge in [0.05, 0.1) is 11.1 Å². The van der Waals surface area contributed by atoms with Gasteiger partial charge in [0.25, 0.3) is 0 Å². The largest absolute Gasteiger partial charge is 0.481 e. The number of rotatable bonds is 3. The van der Waals surface area contributed by atoms with Crippen LogP contribution in [-0.4, -0.2) is 16.1 Å². The number of hydrogen-bond acceptors (Lipinski definition) is 3. The molecule has 15 heavy (non-hydrogen) atoms. The van der Waals surface area contributed by atoms with Crippen LogP contribution in [0.4, 0.5) is 0 Å². The minimum Gasteiger partial charge on any atom is -0.481 e. The predicted molar refractivity (Wildman–Crippen MR) is 59.4 cm³/mol. The van der Waals surface area contributed by atoms with E-state index in [0.717, 1.165) is 31.4 Å². The maximum Gasteiger partial charge on any atom is 0.310 e. The van der Waals surface area contributed by atoms with E-state index in [9.17, 15) is 9.90 Å². The van der Waals surface area contributed by atoms with Crippen molar-refractivity contribution in [2.24, 2.45) is 5.41 Å². The molecular weight excluding hydrogens is 234 g/mol. The Morgan fingerprint density at radius 1 is 1.60 bits per heavy atom. The van der Waals surface area contributed by atoms with E-state index in [1.54, 1.807) is 0 Å². The second-order valence-corrected chi connectivity index (χ2v) is 5.50. The van der Waals surface area contributed by atoms with Gasteiger partial charge in [0, 0.05) is 11.8 Å². The van der Waals surface area contributed by atoms with E-state index in [2.05, 4.69) is 4.98 Å². The Kier molecular flexibility index (Phi) is 2.98. The van der Waals surface area contributed by atoms with Crippen molar-refractivity contribution in [2.45, 2.75) is 32.1 Å². The van der Waals surface area contributed by atoms with Crippen LogP contribution in [0.2, 0.25) is 4.47 Å². The number of halogens is 1. The summed E-state index contributed by atoms with van der Waals surface area (Å²) in [6, 6.07) is 0. The van der Waals surface area contributed by atoms with E-state index >= 15 is 0 Å². The Morgan fingerprint density at radius 2 is 2.27 bits per heavy atom. The molecule has 0 amide bonds. The monoisotopic (exact) mass is 245 g/mol. The molecule has 2 rings (SSSR count). The van der Waals surface area contributed by atoms with Gasteiger partial charge in [0.1, 0.15) is 0 Å². The molecule has 0 bridgehead atoms. The van der Waals surface area contributed by atoms with Gasteiger partial charge < -0.3 is 5.11 Å². The van der Waals surface area contributed by atoms with Crippen molar-refractivity contribution in [3.05, 3.63) is 15.5 Å². The van der Waals surface area contributed by atoms with Crippen LogP contribution in [0.15, 0.2) is 5.38 Å². The third-order valence-electron chi connectivity index (χ3n) is 3.06. The third-order valence-corrected chi connectivity index (χ3v) is 4.09. The molecule has 0 unspecified atom stereocenters. The van der Waals surface area contributed by atoms with Crippen LogP contribution in [0.5, 0.6) is 0 Å². The first-order valence-corrected chi connectivity index (χ1v) is 6.21. The summed E-state index contributed by atoms with van der Waals surface area (Å²) in [5.74, 6) is -0.691. The number of thiazole rings is 1. The molecule has 1 fully saturated rings. The van der Waals surface area contributed by atoms with Crippen molar-refractivity contribution in [3.63, 3.8) is 0 Å². The maximum atomic E-state index is 11.3. The second kappa shape index (κ2) is 4.10. The molecule has 1 N–H and O–H groups in total. The molecule has 1 saturated carbocycles. The average Bonchev–Trinajstić information content (AvgIpc) is 2.77. The highest BCUT2D eigenvalue weighted by atomic mass is 35.5. The molecule has 82 valence electrons. The van der Waals surface area contributed by atoms with Gasteiger partial charge in [-0.2, -0.15) is 0 Å². The van der Waals surface area contributed by atoms with Crippen LogP contribution in [0, 0.1) is 5.41 Å². The van der Waals surface area contributed by atoms with Gasteiger partial charge in [-0.15, -0.1) is 11.3 Å². The van der Waals surface area contributed by atoms with Crippen LogP contribution in [0.1, 0.15) is 31.4 Å². The quantitative estimate of drug-likeness (QED) is 0.891. The summed E-state index contributed by atoms with van der Waals surface area (Å²) in [5, 5.41) is 11.1. The molecule has 0 radical (unpaired) electrons. The van der Waals surface area contributed by atoms with E-state index in [4.69, 9.17) is 11.6 Å². The van der Waals surface area contributed by atoms with E-state index in [1.807, 2.05) is 5.38 Å². The minimum atomic E-state index is -0.691. The van der Waals surface area contributed by atoms with Crippen molar-refractivity contribution < 1.29 is 9.90 Å². The fourth-order valence-electron chi connectivity index (χ4n) is 2.23. The normalized spacial score (nSPS) is 19.3. The Hall–Kier alpha value is -0.610. The summed E-state index contributed by atoms with van der Waals surface area (Å²) < 4.78 is 0.489. The van der Waals surface area contributed by atoms with E-state index < -0.39 is 11.4 Å². The molecule has 0 atom stereocenters. The van der Waals surface area contributed by atoms with Crippen LogP contribution < -0.4 is 0 Å². The molecule has 0 aliphatic heterocycles. The van der Waals surface area contributed by atoms with Gasteiger partial charge in [-0.05, 0) is 12.8 Å². The first-order valence-electron chi connectivity index (χ1n) is 4.96. The first-order chi connectivity index (χ1) is 7.12. The van der Waals surface area contributed by atoms with Crippen LogP contribution in [0.25, 0.3) is 0 Å². The summed E-state index contributed by atoms with van der Waals surface area (Å²) in [6.45, 7) is 0. The fourth-order valence-corrected chi connectivity index (χ4v) is 3.01. The molecule has 1 aromatic heterocycles. The smallest absolute Gasteiger partial charge is 0.310 e. The van der Waals surface area contributed by atoms with Crippen molar-refractivity contribution in [1.82, 2.24) is 4.98 Å². The van der Waals surface area contributed by atoms with Crippen molar-refractivity contribution >= 4 is 28.9 Å². The number of carboxylic acids is 1. The topological polar surface area (TPSA) is 50.2 Å². The zero-order valence-corrected chi connectivity index (χ0v) is 9.77. The van der Waals surface area contributed by atoms with Gasteiger partial charge in [0.2, 0.25) is 0 Å². The molecule has 1 aliphatic carbocycles. The Balaban J connectivity index is 2.17. The average molecular weight is 246 g/mol. The summed E-state index contributed by atoms with van der Waals surface area (Å²) in [5.41, 5.74) is 0.228. The summed E-state index contributed by atoms with van der Waals surface area (Å²) in [7, 11) is 0. The maximum absolute atomic E-state index is 11.3. The highest BCUT2D eigenvalue weighted by Crippen LogP contribution is 2.41. The lowest BCUT2D eigenvalue weighted by molar-refractivity contribution is -0.148. The fraction of sp³-hybridized carbons (Fsp3) is 0.600. The Morgan fingerprint density at radius 3 is 2.73 bits per heavy atom. The lowest BCUT2D eigenvalue weighted by Gasteiger charge is -2.22. The van der Waals surface area contributed by atoms with Gasteiger partial charge in [-0.3, -0.25) is 4.79 Å². The first kappa shape index (κ1) is 10.9. The highest BCUT2D eigenvalue weighted by molar-refractivity contribution is 7.13. The van der Waals surface area contributed by atoms with Crippen LogP contribution in [0.3, 0.4) is 0 Å². The lowest BCUT2D eigenvalue weighted by Crippen LogP contribution is -2.30. The van der Waals surface area contributed by atoms with Gasteiger partial charge in [-0.1, -0.05) is 24.4 Å². The molecule has 0 aromatic carbocycles. The van der Waals surface area contributed by atoms with E-state index in [-0.39, 0.29) is 0 Å². The second-order valence-electron chi connectivity index (χ2n) is 4.06. The number of carboxylic acid groups (broad SMARTS) is 1. The molecular formula is C10H12ClNO2S. The van der Waals surface area contributed by atoms with Crippen molar-refractivity contribution in [3.8, 4) is 0 Å². The van der Waals surface area contributed by atoms with Crippen molar-refractivity contribution in [2.75, 3.05) is 0 Å². The molecule has 3 nitrogen and oxygen atoms in total. The third kappa shape index (κ3) is 2.16.